The summed E-state index contributed by atoms with van der Waals surface area (Å²) in [6.45, 7) is 9.17. The van der Waals surface area contributed by atoms with Crippen LogP contribution in [0.5, 0.6) is 0 Å². The molecule has 110 valence electrons. The third-order valence-electron chi connectivity index (χ3n) is 4.52. The van der Waals surface area contributed by atoms with Crippen LogP contribution in [-0.2, 0) is 11.8 Å². The molecular weight excluding hydrogens is 246 g/mol. The lowest BCUT2D eigenvalue weighted by molar-refractivity contribution is 0.397. The third kappa shape index (κ3) is 2.97. The van der Waals surface area contributed by atoms with Crippen LogP contribution in [0.3, 0.4) is 0 Å². The summed E-state index contributed by atoms with van der Waals surface area (Å²) in [6, 6.07) is 8.79. The fourth-order valence-corrected chi connectivity index (χ4v) is 3.20. The van der Waals surface area contributed by atoms with Crippen molar-refractivity contribution in [2.45, 2.75) is 45.4 Å². The van der Waals surface area contributed by atoms with Gasteiger partial charge < -0.3 is 10.6 Å². The summed E-state index contributed by atoms with van der Waals surface area (Å²) in [7, 11) is 0. The lowest BCUT2D eigenvalue weighted by atomic mass is 9.71. The highest BCUT2D eigenvalue weighted by molar-refractivity contribution is 5.78. The molecule has 0 amide bonds. The van der Waals surface area contributed by atoms with Crippen LogP contribution in [0.4, 0.5) is 0 Å². The molecule has 0 spiro atoms. The number of hydrogen-bond acceptors (Lipinski definition) is 1. The van der Waals surface area contributed by atoms with Gasteiger partial charge in [0.25, 0.3) is 0 Å². The number of hydrogen-bond donors (Lipinski definition) is 1. The highest BCUT2D eigenvalue weighted by Crippen LogP contribution is 2.37. The standard InChI is InChI=1S/C17H27N3/c1-4-20(5-2)16(18)19-13-17(3)12-8-10-14-9-6-7-11-15(14)17/h6-7,9,11H,4-5,8,10,12-13H2,1-3H3,(H2,18,19). The maximum absolute atomic E-state index is 6.11. The highest BCUT2D eigenvalue weighted by atomic mass is 15.2. The van der Waals surface area contributed by atoms with Crippen LogP contribution in [0.1, 0.15) is 44.7 Å². The Bertz CT molecular complexity index is 477. The molecule has 0 bridgehead atoms. The largest absolute Gasteiger partial charge is 0.370 e. The van der Waals surface area contributed by atoms with Gasteiger partial charge >= 0.3 is 0 Å². The Kier molecular flexibility index (Phi) is 4.69. The molecular formula is C17H27N3. The van der Waals surface area contributed by atoms with Gasteiger partial charge in [-0.1, -0.05) is 31.2 Å². The number of rotatable bonds is 4. The molecule has 0 radical (unpaired) electrons. The SMILES string of the molecule is CCN(CC)C(N)=NCC1(C)CCCc2ccccc21. The van der Waals surface area contributed by atoms with E-state index in [9.17, 15) is 0 Å². The van der Waals surface area contributed by atoms with E-state index in [0.717, 1.165) is 19.6 Å². The Labute approximate surface area is 122 Å². The maximum atomic E-state index is 6.11. The molecule has 3 nitrogen and oxygen atoms in total. The molecule has 2 N–H and O–H groups in total. The molecule has 0 saturated heterocycles. The van der Waals surface area contributed by atoms with Gasteiger partial charge in [-0.25, -0.2) is 0 Å². The van der Waals surface area contributed by atoms with E-state index in [1.54, 1.807) is 0 Å². The van der Waals surface area contributed by atoms with Gasteiger partial charge in [-0.05, 0) is 44.2 Å². The average molecular weight is 273 g/mol. The van der Waals surface area contributed by atoms with Crippen molar-refractivity contribution in [2.75, 3.05) is 19.6 Å². The molecule has 1 atom stereocenters. The van der Waals surface area contributed by atoms with E-state index in [2.05, 4.69) is 54.9 Å². The second kappa shape index (κ2) is 6.29. The average Bonchev–Trinajstić information content (AvgIpc) is 2.47. The minimum Gasteiger partial charge on any atom is -0.370 e. The summed E-state index contributed by atoms with van der Waals surface area (Å²) in [6.07, 6.45) is 3.63. The van der Waals surface area contributed by atoms with E-state index in [-0.39, 0.29) is 5.41 Å². The van der Waals surface area contributed by atoms with Crippen molar-refractivity contribution in [1.82, 2.24) is 4.90 Å². The number of aliphatic imine (C=N–C) groups is 1. The summed E-state index contributed by atoms with van der Waals surface area (Å²) in [5.41, 5.74) is 9.19. The zero-order chi connectivity index (χ0) is 14.6. The summed E-state index contributed by atoms with van der Waals surface area (Å²) in [4.78, 5) is 6.79. The fourth-order valence-electron chi connectivity index (χ4n) is 3.20. The van der Waals surface area contributed by atoms with Crippen LogP contribution in [0, 0.1) is 0 Å². The predicted molar refractivity (Wildman–Crippen MR) is 86.1 cm³/mol. The Morgan fingerprint density at radius 1 is 1.30 bits per heavy atom. The van der Waals surface area contributed by atoms with Gasteiger partial charge in [-0.3, -0.25) is 4.99 Å². The van der Waals surface area contributed by atoms with E-state index in [0.29, 0.717) is 5.96 Å². The molecule has 1 aliphatic rings. The van der Waals surface area contributed by atoms with Crippen molar-refractivity contribution in [3.8, 4) is 0 Å². The molecule has 0 saturated carbocycles. The smallest absolute Gasteiger partial charge is 0.191 e. The topological polar surface area (TPSA) is 41.6 Å². The molecule has 20 heavy (non-hydrogen) atoms. The van der Waals surface area contributed by atoms with Crippen LogP contribution in [0.25, 0.3) is 0 Å². The van der Waals surface area contributed by atoms with Crippen molar-refractivity contribution in [3.63, 3.8) is 0 Å². The monoisotopic (exact) mass is 273 g/mol. The number of guanidine groups is 1. The van der Waals surface area contributed by atoms with Crippen LogP contribution >= 0.6 is 0 Å². The van der Waals surface area contributed by atoms with Crippen molar-refractivity contribution < 1.29 is 0 Å². The lowest BCUT2D eigenvalue weighted by Gasteiger charge is -2.35. The number of nitrogens with two attached hydrogens (primary N) is 1. The Morgan fingerprint density at radius 2 is 2.00 bits per heavy atom. The predicted octanol–water partition coefficient (Wildman–Crippen LogP) is 2.94. The fraction of sp³-hybridized carbons (Fsp3) is 0.588. The normalized spacial score (nSPS) is 22.4. The molecule has 0 fully saturated rings. The molecule has 3 heteroatoms. The van der Waals surface area contributed by atoms with E-state index in [1.165, 1.54) is 30.4 Å². The van der Waals surface area contributed by atoms with Crippen molar-refractivity contribution in [2.24, 2.45) is 10.7 Å². The van der Waals surface area contributed by atoms with Crippen LogP contribution < -0.4 is 5.73 Å². The number of aryl methyl sites for hydroxylation is 1. The molecule has 1 unspecified atom stereocenters. The molecule has 1 aromatic carbocycles. The van der Waals surface area contributed by atoms with Gasteiger partial charge in [-0.2, -0.15) is 0 Å². The Morgan fingerprint density at radius 3 is 2.70 bits per heavy atom. The number of fused-ring (bicyclic) bond motifs is 1. The van der Waals surface area contributed by atoms with Gasteiger partial charge in [0.05, 0.1) is 6.54 Å². The zero-order valence-electron chi connectivity index (χ0n) is 13.0. The summed E-state index contributed by atoms with van der Waals surface area (Å²) in [5.74, 6) is 0.680. The van der Waals surface area contributed by atoms with Gasteiger partial charge in [0.1, 0.15) is 0 Å². The zero-order valence-corrected chi connectivity index (χ0v) is 13.0. The number of nitrogens with zero attached hydrogens (tertiary/aromatic N) is 2. The minimum atomic E-state index is 0.132. The van der Waals surface area contributed by atoms with Gasteiger partial charge in [0, 0.05) is 18.5 Å². The summed E-state index contributed by atoms with van der Waals surface area (Å²) in [5, 5.41) is 0. The molecule has 0 aliphatic heterocycles. The number of benzene rings is 1. The quantitative estimate of drug-likeness (QED) is 0.677. The first-order valence-electron chi connectivity index (χ1n) is 7.74. The first kappa shape index (κ1) is 14.9. The lowest BCUT2D eigenvalue weighted by Crippen LogP contribution is -2.39. The third-order valence-corrected chi connectivity index (χ3v) is 4.52. The first-order chi connectivity index (χ1) is 9.60. The van der Waals surface area contributed by atoms with Crippen LogP contribution in [-0.4, -0.2) is 30.5 Å². The maximum Gasteiger partial charge on any atom is 0.191 e. The molecule has 2 rings (SSSR count). The summed E-state index contributed by atoms with van der Waals surface area (Å²) < 4.78 is 0. The highest BCUT2D eigenvalue weighted by Gasteiger charge is 2.31. The minimum absolute atomic E-state index is 0.132. The van der Waals surface area contributed by atoms with Gasteiger partial charge in [0.2, 0.25) is 0 Å². The van der Waals surface area contributed by atoms with Gasteiger partial charge in [0.15, 0.2) is 5.96 Å². The molecule has 0 heterocycles. The molecule has 1 aliphatic carbocycles. The van der Waals surface area contributed by atoms with Crippen LogP contribution in [0.2, 0.25) is 0 Å². The second-order valence-corrected chi connectivity index (χ2v) is 5.92. The molecule has 0 aromatic heterocycles. The van der Waals surface area contributed by atoms with Gasteiger partial charge in [-0.15, -0.1) is 0 Å². The van der Waals surface area contributed by atoms with E-state index in [4.69, 9.17) is 5.73 Å². The Hall–Kier alpha value is -1.51. The van der Waals surface area contributed by atoms with E-state index in [1.807, 2.05) is 0 Å². The van der Waals surface area contributed by atoms with Crippen molar-refractivity contribution >= 4 is 5.96 Å². The van der Waals surface area contributed by atoms with E-state index < -0.39 is 0 Å². The van der Waals surface area contributed by atoms with Crippen LogP contribution in [0.15, 0.2) is 29.3 Å². The Balaban J connectivity index is 2.19. The summed E-state index contributed by atoms with van der Waals surface area (Å²) >= 11 is 0. The van der Waals surface area contributed by atoms with Crippen molar-refractivity contribution in [1.29, 1.82) is 0 Å². The molecule has 1 aromatic rings. The second-order valence-electron chi connectivity index (χ2n) is 5.92. The van der Waals surface area contributed by atoms with E-state index >= 15 is 0 Å². The van der Waals surface area contributed by atoms with Crippen molar-refractivity contribution in [3.05, 3.63) is 35.4 Å². The first-order valence-corrected chi connectivity index (χ1v) is 7.74.